The van der Waals surface area contributed by atoms with Gasteiger partial charge in [0.15, 0.2) is 44.8 Å². The second-order valence-electron chi connectivity index (χ2n) is 10.8. The van der Waals surface area contributed by atoms with Gasteiger partial charge in [0.05, 0.1) is 0 Å². The van der Waals surface area contributed by atoms with Crippen molar-refractivity contribution >= 4 is 36.2 Å². The largest absolute Gasteiger partial charge is 0.384 e. The number of hydrogen-bond donors (Lipinski definition) is 0. The normalized spacial score (nSPS) is 32.4. The Morgan fingerprint density at radius 1 is 0.348 bits per heavy atom. The molecular formula is C16H14N16O14. The van der Waals surface area contributed by atoms with E-state index in [9.17, 15) is 69.2 Å². The van der Waals surface area contributed by atoms with Gasteiger partial charge in [-0.15, -0.1) is 0 Å². The summed E-state index contributed by atoms with van der Waals surface area (Å²) >= 11 is 0. The highest BCUT2D eigenvalue weighted by molar-refractivity contribution is 5.90. The van der Waals surface area contributed by atoms with Gasteiger partial charge in [-0.1, -0.05) is 0 Å². The SMILES string of the molecule is O=C1N2CN3C(=O)N([N+](=O)[O-])C4C3N(CN3C(=O)N5CN6C(=O)N([N+](=O)[O-])C7C6N(CN1C5C23)C(=O)N7[N+](=O)[O-])C(=O)N4[N+](=O)[O-]. The number of carbonyl (C=O) groups excluding carboxylic acids is 6. The van der Waals surface area contributed by atoms with Gasteiger partial charge in [0.2, 0.25) is 0 Å². The molecule has 0 atom stereocenters. The van der Waals surface area contributed by atoms with Crippen LogP contribution in [0.15, 0.2) is 0 Å². The minimum absolute atomic E-state index is 0.156. The second kappa shape index (κ2) is 8.03. The monoisotopic (exact) mass is 654 g/mol. The standard InChI is InChI=1S/C16H14N16O14/c33-11-17-1-21-7-9(25(13(21)35)29(39)40)26(30(41)42)14(36)22(7)2-18-5(17)6-19(11)3-23-8-10(27(15(23)37)31(43)44)28(32(45)46)16(38)24(8)4-20(6)12(18)34/h5-10H,1-4H2. The Morgan fingerprint density at radius 3 is 0.717 bits per heavy atom. The summed E-state index contributed by atoms with van der Waals surface area (Å²) < 4.78 is 0. The molecule has 0 radical (unpaired) electrons. The van der Waals surface area contributed by atoms with Gasteiger partial charge in [-0.25, -0.2) is 69.2 Å². The van der Waals surface area contributed by atoms with Gasteiger partial charge in [-0.2, -0.15) is 0 Å². The van der Waals surface area contributed by atoms with Crippen LogP contribution in [0.2, 0.25) is 0 Å². The summed E-state index contributed by atoms with van der Waals surface area (Å²) in [6.07, 6.45) is -10.7. The number of urea groups is 6. The summed E-state index contributed by atoms with van der Waals surface area (Å²) in [6, 6.07) is -7.79. The summed E-state index contributed by atoms with van der Waals surface area (Å²) in [5.41, 5.74) is 0. The summed E-state index contributed by atoms with van der Waals surface area (Å²) in [5, 5.41) is 41.6. The van der Waals surface area contributed by atoms with E-state index in [0.717, 1.165) is 19.6 Å². The molecule has 30 heteroatoms. The van der Waals surface area contributed by atoms with E-state index in [4.69, 9.17) is 0 Å². The van der Waals surface area contributed by atoms with Crippen molar-refractivity contribution in [1.82, 2.24) is 59.2 Å². The molecule has 0 N–H and O–H groups in total. The quantitative estimate of drug-likeness (QED) is 0.206. The second-order valence-corrected chi connectivity index (χ2v) is 10.8. The molecule has 8 rings (SSSR count). The molecule has 8 fully saturated rings. The van der Waals surface area contributed by atoms with Crippen LogP contribution in [0, 0.1) is 40.5 Å². The highest BCUT2D eigenvalue weighted by atomic mass is 16.7. The van der Waals surface area contributed by atoms with Gasteiger partial charge in [0, 0.05) is 0 Å². The van der Waals surface area contributed by atoms with Gasteiger partial charge in [-0.05, 0) is 20.0 Å². The van der Waals surface area contributed by atoms with Crippen LogP contribution in [0.5, 0.6) is 0 Å². The van der Waals surface area contributed by atoms with Crippen LogP contribution >= 0.6 is 0 Å². The number of amides is 12. The smallest absolute Gasteiger partial charge is 0.282 e. The fourth-order valence-corrected chi connectivity index (χ4v) is 7.36. The minimum atomic E-state index is -2.12. The van der Waals surface area contributed by atoms with E-state index >= 15 is 0 Å². The first-order chi connectivity index (χ1) is 21.7. The first-order valence-electron chi connectivity index (χ1n) is 12.8. The molecule has 30 nitrogen and oxygen atoms in total. The van der Waals surface area contributed by atoms with Gasteiger partial charge < -0.3 is 0 Å². The van der Waals surface area contributed by atoms with E-state index < -0.39 is 120 Å². The first kappa shape index (κ1) is 26.8. The average Bonchev–Trinajstić information content (AvgIpc) is 3.68. The van der Waals surface area contributed by atoms with Crippen molar-refractivity contribution in [2.45, 2.75) is 37.0 Å². The molecule has 46 heavy (non-hydrogen) atoms. The van der Waals surface area contributed by atoms with Crippen molar-refractivity contribution in [3.63, 3.8) is 0 Å². The molecule has 8 saturated heterocycles. The molecule has 8 aliphatic heterocycles. The number of carbonyl (C=O) groups is 6. The van der Waals surface area contributed by atoms with E-state index in [0.29, 0.717) is 19.6 Å². The molecule has 0 aliphatic carbocycles. The molecule has 242 valence electrons. The number of nitrogens with zero attached hydrogens (tertiary/aromatic N) is 16. The molecule has 0 aromatic rings. The summed E-state index contributed by atoms with van der Waals surface area (Å²) in [4.78, 5) is 134. The van der Waals surface area contributed by atoms with Crippen molar-refractivity contribution < 1.29 is 48.9 Å². The van der Waals surface area contributed by atoms with Gasteiger partial charge in [-0.3, -0.25) is 39.2 Å². The lowest BCUT2D eigenvalue weighted by atomic mass is 10.3. The molecule has 0 aromatic heterocycles. The molecule has 0 aromatic carbocycles. The summed E-state index contributed by atoms with van der Waals surface area (Å²) in [5.74, 6) is 0. The third-order valence-electron chi connectivity index (χ3n) is 9.03. The fourth-order valence-electron chi connectivity index (χ4n) is 7.36. The van der Waals surface area contributed by atoms with Crippen LogP contribution in [-0.4, -0.2) is 179 Å². The van der Waals surface area contributed by atoms with E-state index in [1.54, 1.807) is 0 Å². The molecule has 8 aliphatic rings. The van der Waals surface area contributed by atoms with Gasteiger partial charge >= 0.3 is 36.2 Å². The lowest BCUT2D eigenvalue weighted by molar-refractivity contribution is -0.695. The van der Waals surface area contributed by atoms with Crippen molar-refractivity contribution in [3.05, 3.63) is 40.5 Å². The zero-order valence-corrected chi connectivity index (χ0v) is 22.2. The number of rotatable bonds is 4. The average molecular weight is 654 g/mol. The Morgan fingerprint density at radius 2 is 0.522 bits per heavy atom. The molecule has 0 spiro atoms. The van der Waals surface area contributed by atoms with Crippen LogP contribution < -0.4 is 0 Å². The number of nitro groups is 4. The third-order valence-corrected chi connectivity index (χ3v) is 9.03. The maximum absolute atomic E-state index is 13.9. The summed E-state index contributed by atoms with van der Waals surface area (Å²) in [6.45, 7) is -3.47. The Balaban J connectivity index is 1.24. The predicted molar refractivity (Wildman–Crippen MR) is 125 cm³/mol. The van der Waals surface area contributed by atoms with Crippen molar-refractivity contribution in [1.29, 1.82) is 0 Å². The molecule has 0 unspecified atom stereocenters. The molecule has 8 heterocycles. The maximum Gasteiger partial charge on any atom is 0.384 e. The lowest BCUT2D eigenvalue weighted by Crippen LogP contribution is -2.62. The first-order valence-corrected chi connectivity index (χ1v) is 12.8. The van der Waals surface area contributed by atoms with E-state index in [2.05, 4.69) is 0 Å². The zero-order chi connectivity index (χ0) is 33.0. The lowest BCUT2D eigenvalue weighted by Gasteiger charge is -2.41. The van der Waals surface area contributed by atoms with Crippen LogP contribution in [-0.2, 0) is 0 Å². The van der Waals surface area contributed by atoms with Gasteiger partial charge in [0.1, 0.15) is 26.7 Å². The van der Waals surface area contributed by atoms with E-state index in [1.165, 1.54) is 0 Å². The van der Waals surface area contributed by atoms with Crippen LogP contribution in [0.4, 0.5) is 28.8 Å². The fraction of sp³-hybridized carbons (Fsp3) is 0.625. The van der Waals surface area contributed by atoms with Crippen molar-refractivity contribution in [2.24, 2.45) is 0 Å². The Hall–Kier alpha value is -6.78. The Bertz CT molecular complexity index is 1430. The Labute approximate surface area is 249 Å². The number of hydrazine groups is 4. The highest BCUT2D eigenvalue weighted by Gasteiger charge is 2.75. The topological polar surface area (TPSA) is 314 Å². The van der Waals surface area contributed by atoms with Crippen LogP contribution in [0.1, 0.15) is 0 Å². The maximum atomic E-state index is 13.9. The molecule has 0 saturated carbocycles. The molecule has 0 bridgehead atoms. The van der Waals surface area contributed by atoms with Crippen LogP contribution in [0.3, 0.4) is 0 Å². The zero-order valence-electron chi connectivity index (χ0n) is 22.2. The summed E-state index contributed by atoms with van der Waals surface area (Å²) in [7, 11) is 0. The minimum Gasteiger partial charge on any atom is -0.282 e. The van der Waals surface area contributed by atoms with Crippen molar-refractivity contribution in [2.75, 3.05) is 26.7 Å². The van der Waals surface area contributed by atoms with E-state index in [-0.39, 0.29) is 20.0 Å². The molecule has 12 amide bonds. The third kappa shape index (κ3) is 2.75. The van der Waals surface area contributed by atoms with Crippen molar-refractivity contribution in [3.8, 4) is 0 Å². The number of hydrogen-bond acceptors (Lipinski definition) is 14. The van der Waals surface area contributed by atoms with E-state index in [1.807, 2.05) is 0 Å². The van der Waals surface area contributed by atoms with Crippen LogP contribution in [0.25, 0.3) is 0 Å². The predicted octanol–water partition coefficient (Wildman–Crippen LogP) is -4.01. The molecular weight excluding hydrogens is 640 g/mol. The Kier molecular flexibility index (Phi) is 4.68. The van der Waals surface area contributed by atoms with Gasteiger partial charge in [0.25, 0.3) is 12.3 Å². The highest BCUT2D eigenvalue weighted by Crippen LogP contribution is 2.45.